The Labute approximate surface area is 117 Å². The molecule has 6 heteroatoms. The van der Waals surface area contributed by atoms with E-state index >= 15 is 0 Å². The van der Waals surface area contributed by atoms with Gasteiger partial charge >= 0.3 is 0 Å². The summed E-state index contributed by atoms with van der Waals surface area (Å²) in [7, 11) is 0. The average Bonchev–Trinajstić information content (AvgIpc) is 2.88. The molecule has 2 aromatic heterocycles. The molecule has 0 spiro atoms. The average molecular weight is 273 g/mol. The zero-order valence-electron chi connectivity index (χ0n) is 11.5. The van der Waals surface area contributed by atoms with Gasteiger partial charge in [0, 0.05) is 18.3 Å². The van der Waals surface area contributed by atoms with E-state index in [4.69, 9.17) is 10.3 Å². The van der Waals surface area contributed by atoms with Crippen LogP contribution in [0.4, 0.5) is 5.82 Å². The summed E-state index contributed by atoms with van der Waals surface area (Å²) < 4.78 is 5.31. The summed E-state index contributed by atoms with van der Waals surface area (Å²) in [6, 6.07) is 0. The van der Waals surface area contributed by atoms with Gasteiger partial charge in [-0.15, -0.1) is 0 Å². The SMILES string of the molecule is Nc1nccnc1-c1nc(C2CCCCCCC2)no1. The Bertz CT molecular complexity index is 560. The Kier molecular flexibility index (Phi) is 3.90. The predicted molar refractivity (Wildman–Crippen MR) is 74.8 cm³/mol. The highest BCUT2D eigenvalue weighted by Gasteiger charge is 2.21. The number of aromatic nitrogens is 4. The van der Waals surface area contributed by atoms with E-state index in [0.29, 0.717) is 23.3 Å². The normalized spacial score (nSPS) is 17.6. The molecule has 0 bridgehead atoms. The lowest BCUT2D eigenvalue weighted by atomic mass is 9.91. The van der Waals surface area contributed by atoms with Crippen molar-refractivity contribution in [2.45, 2.75) is 50.9 Å². The summed E-state index contributed by atoms with van der Waals surface area (Å²) in [5.41, 5.74) is 6.25. The molecule has 1 aliphatic rings. The molecule has 0 atom stereocenters. The van der Waals surface area contributed by atoms with Gasteiger partial charge in [-0.05, 0) is 12.8 Å². The third-order valence-corrected chi connectivity index (χ3v) is 3.84. The Morgan fingerprint density at radius 1 is 1.00 bits per heavy atom. The van der Waals surface area contributed by atoms with Crippen LogP contribution in [0.25, 0.3) is 11.6 Å². The molecule has 0 unspecified atom stereocenters. The third-order valence-electron chi connectivity index (χ3n) is 3.84. The Morgan fingerprint density at radius 3 is 2.45 bits per heavy atom. The zero-order chi connectivity index (χ0) is 13.8. The van der Waals surface area contributed by atoms with Crippen LogP contribution >= 0.6 is 0 Å². The Balaban J connectivity index is 1.80. The van der Waals surface area contributed by atoms with Crippen molar-refractivity contribution in [3.63, 3.8) is 0 Å². The molecular weight excluding hydrogens is 254 g/mol. The topological polar surface area (TPSA) is 90.7 Å². The smallest absolute Gasteiger partial charge is 0.280 e. The van der Waals surface area contributed by atoms with Gasteiger partial charge in [0.25, 0.3) is 5.89 Å². The van der Waals surface area contributed by atoms with Crippen LogP contribution in [0.2, 0.25) is 0 Å². The summed E-state index contributed by atoms with van der Waals surface area (Å²) in [6.07, 6.45) is 11.8. The molecule has 0 aliphatic heterocycles. The van der Waals surface area contributed by atoms with Crippen LogP contribution in [-0.2, 0) is 0 Å². The molecule has 0 radical (unpaired) electrons. The molecular formula is C14H19N5O. The molecule has 0 saturated heterocycles. The van der Waals surface area contributed by atoms with Gasteiger partial charge in [-0.2, -0.15) is 4.98 Å². The molecule has 1 aliphatic carbocycles. The van der Waals surface area contributed by atoms with Gasteiger partial charge in [0.15, 0.2) is 17.3 Å². The summed E-state index contributed by atoms with van der Waals surface area (Å²) >= 11 is 0. The molecule has 3 rings (SSSR count). The van der Waals surface area contributed by atoms with Crippen molar-refractivity contribution >= 4 is 5.82 Å². The first-order chi connectivity index (χ1) is 9.84. The molecule has 2 N–H and O–H groups in total. The van der Waals surface area contributed by atoms with E-state index in [0.717, 1.165) is 18.7 Å². The number of anilines is 1. The van der Waals surface area contributed by atoms with E-state index in [1.807, 2.05) is 0 Å². The molecule has 2 heterocycles. The molecule has 20 heavy (non-hydrogen) atoms. The van der Waals surface area contributed by atoms with E-state index in [1.165, 1.54) is 32.1 Å². The highest BCUT2D eigenvalue weighted by Crippen LogP contribution is 2.30. The molecule has 2 aromatic rings. The van der Waals surface area contributed by atoms with Gasteiger partial charge in [0.2, 0.25) is 0 Å². The van der Waals surface area contributed by atoms with Crippen LogP contribution in [0.15, 0.2) is 16.9 Å². The van der Waals surface area contributed by atoms with E-state index in [-0.39, 0.29) is 0 Å². The molecule has 0 amide bonds. The second-order valence-corrected chi connectivity index (χ2v) is 5.29. The Morgan fingerprint density at radius 2 is 1.70 bits per heavy atom. The number of hydrogen-bond donors (Lipinski definition) is 1. The number of nitrogens with zero attached hydrogens (tertiary/aromatic N) is 4. The van der Waals surface area contributed by atoms with E-state index < -0.39 is 0 Å². The first-order valence-electron chi connectivity index (χ1n) is 7.25. The summed E-state index contributed by atoms with van der Waals surface area (Å²) in [4.78, 5) is 12.6. The van der Waals surface area contributed by atoms with Crippen molar-refractivity contribution in [3.05, 3.63) is 18.2 Å². The lowest BCUT2D eigenvalue weighted by Crippen LogP contribution is -2.04. The molecule has 1 saturated carbocycles. The number of nitrogens with two attached hydrogens (primary N) is 1. The minimum Gasteiger partial charge on any atom is -0.382 e. The van der Waals surface area contributed by atoms with Gasteiger partial charge in [0.05, 0.1) is 0 Å². The summed E-state index contributed by atoms with van der Waals surface area (Å²) in [6.45, 7) is 0. The van der Waals surface area contributed by atoms with Crippen molar-refractivity contribution in [3.8, 4) is 11.6 Å². The highest BCUT2D eigenvalue weighted by molar-refractivity contribution is 5.61. The fourth-order valence-corrected chi connectivity index (χ4v) is 2.72. The van der Waals surface area contributed by atoms with Crippen LogP contribution < -0.4 is 5.73 Å². The quantitative estimate of drug-likeness (QED) is 0.904. The second kappa shape index (κ2) is 5.98. The zero-order valence-corrected chi connectivity index (χ0v) is 11.5. The summed E-state index contributed by atoms with van der Waals surface area (Å²) in [5.74, 6) is 1.87. The van der Waals surface area contributed by atoms with Crippen molar-refractivity contribution < 1.29 is 4.52 Å². The van der Waals surface area contributed by atoms with Gasteiger partial charge in [-0.1, -0.05) is 37.3 Å². The van der Waals surface area contributed by atoms with Crippen LogP contribution in [0.3, 0.4) is 0 Å². The highest BCUT2D eigenvalue weighted by atomic mass is 16.5. The predicted octanol–water partition coefficient (Wildman–Crippen LogP) is 2.94. The molecule has 1 fully saturated rings. The Hall–Kier alpha value is -1.98. The maximum absolute atomic E-state index is 5.78. The second-order valence-electron chi connectivity index (χ2n) is 5.29. The standard InChI is InChI=1S/C14H19N5O/c15-12-11(16-8-9-17-12)14-18-13(19-20-14)10-6-4-2-1-3-5-7-10/h8-10H,1-7H2,(H2,15,17). The van der Waals surface area contributed by atoms with Gasteiger partial charge in [-0.25, -0.2) is 9.97 Å². The maximum atomic E-state index is 5.78. The van der Waals surface area contributed by atoms with Crippen molar-refractivity contribution in [2.24, 2.45) is 0 Å². The number of nitrogen functional groups attached to an aromatic ring is 1. The van der Waals surface area contributed by atoms with Crippen molar-refractivity contribution in [1.82, 2.24) is 20.1 Å². The number of hydrogen-bond acceptors (Lipinski definition) is 6. The molecule has 0 aromatic carbocycles. The summed E-state index contributed by atoms with van der Waals surface area (Å²) in [5, 5.41) is 4.12. The van der Waals surface area contributed by atoms with E-state index in [1.54, 1.807) is 12.4 Å². The molecule has 6 nitrogen and oxygen atoms in total. The van der Waals surface area contributed by atoms with Crippen LogP contribution in [0.1, 0.15) is 56.7 Å². The monoisotopic (exact) mass is 273 g/mol. The third kappa shape index (κ3) is 2.79. The number of rotatable bonds is 2. The van der Waals surface area contributed by atoms with Crippen molar-refractivity contribution in [1.29, 1.82) is 0 Å². The molecule has 106 valence electrons. The van der Waals surface area contributed by atoms with Gasteiger partial charge in [-0.3, -0.25) is 0 Å². The largest absolute Gasteiger partial charge is 0.382 e. The van der Waals surface area contributed by atoms with Crippen LogP contribution in [-0.4, -0.2) is 20.1 Å². The maximum Gasteiger partial charge on any atom is 0.280 e. The minimum absolute atomic E-state index is 0.320. The fraction of sp³-hybridized carbons (Fsp3) is 0.571. The first-order valence-corrected chi connectivity index (χ1v) is 7.25. The van der Waals surface area contributed by atoms with Crippen LogP contribution in [0.5, 0.6) is 0 Å². The fourth-order valence-electron chi connectivity index (χ4n) is 2.72. The lowest BCUT2D eigenvalue weighted by Gasteiger charge is -2.15. The van der Waals surface area contributed by atoms with Gasteiger partial charge < -0.3 is 10.3 Å². The van der Waals surface area contributed by atoms with E-state index in [9.17, 15) is 0 Å². The van der Waals surface area contributed by atoms with Crippen molar-refractivity contribution in [2.75, 3.05) is 5.73 Å². The van der Waals surface area contributed by atoms with Crippen LogP contribution in [0, 0.1) is 0 Å². The minimum atomic E-state index is 0.320. The van der Waals surface area contributed by atoms with Gasteiger partial charge in [0.1, 0.15) is 0 Å². The van der Waals surface area contributed by atoms with E-state index in [2.05, 4.69) is 20.1 Å². The first kappa shape index (κ1) is 13.0. The lowest BCUT2D eigenvalue weighted by molar-refractivity contribution is 0.392.